The maximum Gasteiger partial charge on any atom is 0.414 e. The number of hydrogen-bond donors (Lipinski definition) is 4. The number of carboxylic acids is 2. The van der Waals surface area contributed by atoms with Gasteiger partial charge >= 0.3 is 11.9 Å². The predicted octanol–water partition coefficient (Wildman–Crippen LogP) is 3.70. The SMILES string of the molecule is O=C(O)C(=O)O.Oc1ccccc1CN1CCC(C(O)(c2ccccc2)c2ccccc2)CC1. The summed E-state index contributed by atoms with van der Waals surface area (Å²) >= 11 is 0. The Morgan fingerprint density at radius 1 is 0.765 bits per heavy atom. The molecule has 0 spiro atoms. The number of nitrogens with zero attached hydrogens (tertiary/aromatic N) is 1. The third-order valence-corrected chi connectivity index (χ3v) is 6.17. The second-order valence-electron chi connectivity index (χ2n) is 8.29. The van der Waals surface area contributed by atoms with Crippen molar-refractivity contribution in [2.45, 2.75) is 25.0 Å². The van der Waals surface area contributed by atoms with E-state index in [0.29, 0.717) is 5.75 Å². The highest BCUT2D eigenvalue weighted by molar-refractivity contribution is 6.27. The van der Waals surface area contributed by atoms with E-state index in [2.05, 4.69) is 4.90 Å². The molecule has 3 aromatic carbocycles. The molecule has 7 heteroatoms. The zero-order chi connectivity index (χ0) is 24.6. The summed E-state index contributed by atoms with van der Waals surface area (Å²) < 4.78 is 0. The van der Waals surface area contributed by atoms with Crippen molar-refractivity contribution in [3.8, 4) is 5.75 Å². The fraction of sp³-hybridized carbons (Fsp3) is 0.259. The Balaban J connectivity index is 0.000000481. The van der Waals surface area contributed by atoms with E-state index in [1.54, 1.807) is 6.07 Å². The molecule has 0 radical (unpaired) electrons. The first-order valence-electron chi connectivity index (χ1n) is 11.1. The second kappa shape index (κ2) is 11.4. The van der Waals surface area contributed by atoms with Gasteiger partial charge in [-0.2, -0.15) is 0 Å². The fourth-order valence-electron chi connectivity index (χ4n) is 4.42. The van der Waals surface area contributed by atoms with Gasteiger partial charge in [-0.15, -0.1) is 0 Å². The van der Waals surface area contributed by atoms with Crippen molar-refractivity contribution < 1.29 is 30.0 Å². The smallest absolute Gasteiger partial charge is 0.414 e. The summed E-state index contributed by atoms with van der Waals surface area (Å²) in [6.45, 7) is 2.55. The second-order valence-corrected chi connectivity index (χ2v) is 8.29. The molecule has 1 aliphatic heterocycles. The highest BCUT2D eigenvalue weighted by Gasteiger charge is 2.41. The van der Waals surface area contributed by atoms with Gasteiger partial charge in [0.1, 0.15) is 11.4 Å². The van der Waals surface area contributed by atoms with E-state index in [-0.39, 0.29) is 5.92 Å². The van der Waals surface area contributed by atoms with Gasteiger partial charge in [0.05, 0.1) is 0 Å². The molecular weight excluding hydrogens is 434 g/mol. The lowest BCUT2D eigenvalue weighted by molar-refractivity contribution is -0.159. The van der Waals surface area contributed by atoms with Crippen LogP contribution in [-0.2, 0) is 21.7 Å². The lowest BCUT2D eigenvalue weighted by Crippen LogP contribution is -2.44. The Kier molecular flexibility index (Phi) is 8.40. The van der Waals surface area contributed by atoms with Crippen LogP contribution in [0.15, 0.2) is 84.9 Å². The van der Waals surface area contributed by atoms with Gasteiger partial charge < -0.3 is 20.4 Å². The number of phenols is 1. The molecule has 1 fully saturated rings. The largest absolute Gasteiger partial charge is 0.508 e. The third-order valence-electron chi connectivity index (χ3n) is 6.17. The van der Waals surface area contributed by atoms with Gasteiger partial charge in [0.15, 0.2) is 0 Å². The third kappa shape index (κ3) is 6.01. The van der Waals surface area contributed by atoms with Crippen LogP contribution in [-0.4, -0.2) is 50.4 Å². The molecule has 1 saturated heterocycles. The molecular formula is C27H29NO6. The maximum absolute atomic E-state index is 11.9. The van der Waals surface area contributed by atoms with E-state index >= 15 is 0 Å². The molecule has 3 aromatic rings. The molecule has 0 atom stereocenters. The van der Waals surface area contributed by atoms with Crippen LogP contribution in [0.3, 0.4) is 0 Å². The van der Waals surface area contributed by atoms with Gasteiger partial charge in [0, 0.05) is 12.1 Å². The van der Waals surface area contributed by atoms with Crippen LogP contribution in [0, 0.1) is 5.92 Å². The topological polar surface area (TPSA) is 118 Å². The first-order chi connectivity index (χ1) is 16.3. The number of aliphatic hydroxyl groups is 1. The summed E-state index contributed by atoms with van der Waals surface area (Å²) in [6.07, 6.45) is 1.82. The molecule has 0 bridgehead atoms. The zero-order valence-electron chi connectivity index (χ0n) is 18.7. The first-order valence-corrected chi connectivity index (χ1v) is 11.1. The Morgan fingerprint density at radius 3 is 1.65 bits per heavy atom. The number of carbonyl (C=O) groups is 2. The summed E-state index contributed by atoms with van der Waals surface area (Å²) in [5.74, 6) is -3.14. The molecule has 0 aliphatic carbocycles. The van der Waals surface area contributed by atoms with Crippen molar-refractivity contribution >= 4 is 11.9 Å². The molecule has 4 N–H and O–H groups in total. The van der Waals surface area contributed by atoms with E-state index in [4.69, 9.17) is 19.8 Å². The summed E-state index contributed by atoms with van der Waals surface area (Å²) in [5.41, 5.74) is 1.90. The minimum atomic E-state index is -1.82. The Bertz CT molecular complexity index is 1030. The number of piperidine rings is 1. The van der Waals surface area contributed by atoms with Gasteiger partial charge in [-0.3, -0.25) is 4.90 Å². The van der Waals surface area contributed by atoms with Crippen molar-refractivity contribution in [2.75, 3.05) is 13.1 Å². The van der Waals surface area contributed by atoms with Crippen LogP contribution in [0.1, 0.15) is 29.5 Å². The molecule has 0 unspecified atom stereocenters. The number of aliphatic carboxylic acids is 2. The highest BCUT2D eigenvalue weighted by Crippen LogP contribution is 2.42. The van der Waals surface area contributed by atoms with Crippen molar-refractivity contribution in [3.05, 3.63) is 102 Å². The summed E-state index contributed by atoms with van der Waals surface area (Å²) in [5, 5.41) is 36.8. The van der Waals surface area contributed by atoms with E-state index in [1.165, 1.54) is 0 Å². The number of aromatic hydroxyl groups is 1. The molecule has 0 aromatic heterocycles. The zero-order valence-corrected chi connectivity index (χ0v) is 18.7. The lowest BCUT2D eigenvalue weighted by Gasteiger charge is -2.42. The molecule has 34 heavy (non-hydrogen) atoms. The van der Waals surface area contributed by atoms with Crippen molar-refractivity contribution in [3.63, 3.8) is 0 Å². The number of phenolic OH excluding ortho intramolecular Hbond substituents is 1. The van der Waals surface area contributed by atoms with Gasteiger partial charge in [-0.25, -0.2) is 9.59 Å². The predicted molar refractivity (Wildman–Crippen MR) is 127 cm³/mol. The minimum absolute atomic E-state index is 0.151. The number of hydrogen-bond acceptors (Lipinski definition) is 5. The molecule has 0 saturated carbocycles. The minimum Gasteiger partial charge on any atom is -0.508 e. The summed E-state index contributed by atoms with van der Waals surface area (Å²) in [6, 6.07) is 27.6. The summed E-state index contributed by atoms with van der Waals surface area (Å²) in [7, 11) is 0. The molecule has 7 nitrogen and oxygen atoms in total. The van der Waals surface area contributed by atoms with Crippen LogP contribution in [0.4, 0.5) is 0 Å². The lowest BCUT2D eigenvalue weighted by atomic mass is 9.72. The van der Waals surface area contributed by atoms with E-state index < -0.39 is 17.5 Å². The highest BCUT2D eigenvalue weighted by atomic mass is 16.4. The first kappa shape index (κ1) is 25.0. The van der Waals surface area contributed by atoms with E-state index in [1.807, 2.05) is 78.9 Å². The Labute approximate surface area is 198 Å². The quantitative estimate of drug-likeness (QED) is 0.426. The maximum atomic E-state index is 11.9. The number of benzene rings is 3. The fourth-order valence-corrected chi connectivity index (χ4v) is 4.42. The van der Waals surface area contributed by atoms with Crippen LogP contribution in [0.2, 0.25) is 0 Å². The van der Waals surface area contributed by atoms with Crippen molar-refractivity contribution in [2.24, 2.45) is 5.92 Å². The number of likely N-dealkylation sites (tertiary alicyclic amines) is 1. The standard InChI is InChI=1S/C25H27NO2.C2H2O4/c27-24-14-8-7-9-20(24)19-26-17-15-23(16-18-26)25(28,21-10-3-1-4-11-21)22-12-5-2-6-13-22;3-1(4)2(5)6/h1-14,23,27-28H,15-19H2;(H,3,4)(H,5,6). The van der Waals surface area contributed by atoms with Crippen molar-refractivity contribution in [1.82, 2.24) is 4.90 Å². The molecule has 178 valence electrons. The molecule has 1 heterocycles. The van der Waals surface area contributed by atoms with Gasteiger partial charge in [0.25, 0.3) is 0 Å². The van der Waals surface area contributed by atoms with E-state index in [0.717, 1.165) is 49.2 Å². The van der Waals surface area contributed by atoms with Crippen molar-refractivity contribution in [1.29, 1.82) is 0 Å². The molecule has 0 amide bonds. The van der Waals surface area contributed by atoms with Gasteiger partial charge in [-0.1, -0.05) is 78.9 Å². The average molecular weight is 464 g/mol. The van der Waals surface area contributed by atoms with Crippen LogP contribution < -0.4 is 0 Å². The van der Waals surface area contributed by atoms with Gasteiger partial charge in [-0.05, 0) is 49.0 Å². The van der Waals surface area contributed by atoms with Gasteiger partial charge in [0.2, 0.25) is 0 Å². The average Bonchev–Trinajstić information content (AvgIpc) is 2.87. The van der Waals surface area contributed by atoms with E-state index in [9.17, 15) is 10.2 Å². The number of carboxylic acid groups (broad SMARTS) is 2. The summed E-state index contributed by atoms with van der Waals surface area (Å²) in [4.78, 5) is 20.6. The normalized spacial score (nSPS) is 14.6. The Hall–Kier alpha value is -3.68. The molecule has 4 rings (SSSR count). The Morgan fingerprint density at radius 2 is 1.21 bits per heavy atom. The number of para-hydroxylation sites is 1. The molecule has 1 aliphatic rings. The number of rotatable bonds is 5. The van der Waals surface area contributed by atoms with Crippen LogP contribution in [0.5, 0.6) is 5.75 Å². The van der Waals surface area contributed by atoms with Crippen LogP contribution in [0.25, 0.3) is 0 Å². The van der Waals surface area contributed by atoms with Crippen LogP contribution >= 0.6 is 0 Å². The monoisotopic (exact) mass is 463 g/mol.